The van der Waals surface area contributed by atoms with Crippen molar-refractivity contribution in [3.05, 3.63) is 45.5 Å². The highest BCUT2D eigenvalue weighted by Gasteiger charge is 2.15. The van der Waals surface area contributed by atoms with Gasteiger partial charge in [-0.15, -0.1) is 0 Å². The fraction of sp³-hybridized carbons (Fsp3) is 0. The molecule has 2 rings (SSSR count). The van der Waals surface area contributed by atoms with E-state index in [2.05, 4.69) is 0 Å². The lowest BCUT2D eigenvalue weighted by Crippen LogP contribution is -1.94. The molecule has 15 heavy (non-hydrogen) atoms. The van der Waals surface area contributed by atoms with Gasteiger partial charge in [-0.1, -0.05) is 29.8 Å². The van der Waals surface area contributed by atoms with Gasteiger partial charge < -0.3 is 5.73 Å². The van der Waals surface area contributed by atoms with Crippen LogP contribution in [0.3, 0.4) is 0 Å². The van der Waals surface area contributed by atoms with Crippen LogP contribution in [0.2, 0.25) is 5.02 Å². The number of non-ortho nitro benzene ring substituents is 1. The molecule has 4 nitrogen and oxygen atoms in total. The number of fused-ring (bicyclic) bond motifs is 1. The highest BCUT2D eigenvalue weighted by molar-refractivity contribution is 6.35. The number of hydrogen-bond acceptors (Lipinski definition) is 3. The summed E-state index contributed by atoms with van der Waals surface area (Å²) in [5.41, 5.74) is 6.08. The van der Waals surface area contributed by atoms with Crippen molar-refractivity contribution in [1.29, 1.82) is 0 Å². The first-order valence-corrected chi connectivity index (χ1v) is 4.60. The number of benzene rings is 2. The molecule has 0 saturated carbocycles. The highest BCUT2D eigenvalue weighted by atomic mass is 35.5. The number of rotatable bonds is 1. The molecule has 5 heteroatoms. The van der Waals surface area contributed by atoms with Gasteiger partial charge in [0.05, 0.1) is 21.0 Å². The van der Waals surface area contributed by atoms with Gasteiger partial charge in [0.15, 0.2) is 0 Å². The van der Waals surface area contributed by atoms with Gasteiger partial charge >= 0.3 is 0 Å². The predicted molar refractivity (Wildman–Crippen MR) is 60.0 cm³/mol. The standard InChI is InChI=1S/C10H7ClN2O2/c11-8-5-9(13(14)15)6-3-1-2-4-7(6)10(8)12/h1-5H,12H2. The number of nitro groups is 1. The van der Waals surface area contributed by atoms with Crippen molar-refractivity contribution in [3.8, 4) is 0 Å². The van der Waals surface area contributed by atoms with Gasteiger partial charge in [-0.25, -0.2) is 0 Å². The minimum Gasteiger partial charge on any atom is -0.397 e. The summed E-state index contributed by atoms with van der Waals surface area (Å²) in [7, 11) is 0. The molecule has 76 valence electrons. The topological polar surface area (TPSA) is 69.2 Å². The van der Waals surface area contributed by atoms with Crippen LogP contribution in [-0.4, -0.2) is 4.92 Å². The molecular weight excluding hydrogens is 216 g/mol. The maximum atomic E-state index is 10.8. The normalized spacial score (nSPS) is 10.5. The van der Waals surface area contributed by atoms with Crippen LogP contribution in [-0.2, 0) is 0 Å². The van der Waals surface area contributed by atoms with E-state index in [0.29, 0.717) is 16.5 Å². The fourth-order valence-electron chi connectivity index (χ4n) is 1.50. The summed E-state index contributed by atoms with van der Waals surface area (Å²) in [6, 6.07) is 8.13. The Bertz CT molecular complexity index is 554. The van der Waals surface area contributed by atoms with Crippen LogP contribution in [0.25, 0.3) is 10.8 Å². The monoisotopic (exact) mass is 222 g/mol. The number of nitrogen functional groups attached to an aromatic ring is 1. The molecule has 0 spiro atoms. The minimum absolute atomic E-state index is 0.0233. The molecule has 2 aromatic rings. The fourth-order valence-corrected chi connectivity index (χ4v) is 1.70. The summed E-state index contributed by atoms with van der Waals surface area (Å²) in [4.78, 5) is 10.3. The first-order chi connectivity index (χ1) is 7.11. The Hall–Kier alpha value is -1.81. The average molecular weight is 223 g/mol. The van der Waals surface area contributed by atoms with Crippen molar-refractivity contribution in [2.45, 2.75) is 0 Å². The van der Waals surface area contributed by atoms with E-state index in [1.807, 2.05) is 0 Å². The molecule has 0 aromatic heterocycles. The lowest BCUT2D eigenvalue weighted by Gasteiger charge is -2.04. The second-order valence-corrected chi connectivity index (χ2v) is 3.50. The number of hydrogen-bond donors (Lipinski definition) is 1. The Balaban J connectivity index is 2.94. The highest BCUT2D eigenvalue weighted by Crippen LogP contribution is 2.35. The zero-order valence-electron chi connectivity index (χ0n) is 7.61. The first-order valence-electron chi connectivity index (χ1n) is 4.22. The minimum atomic E-state index is -0.465. The number of halogens is 1. The Kier molecular flexibility index (Phi) is 2.21. The Morgan fingerprint density at radius 1 is 1.27 bits per heavy atom. The smallest absolute Gasteiger partial charge is 0.278 e. The van der Waals surface area contributed by atoms with E-state index in [1.54, 1.807) is 24.3 Å². The maximum absolute atomic E-state index is 10.8. The molecule has 0 atom stereocenters. The lowest BCUT2D eigenvalue weighted by molar-refractivity contribution is -0.383. The predicted octanol–water partition coefficient (Wildman–Crippen LogP) is 2.98. The molecule has 2 N–H and O–H groups in total. The number of anilines is 1. The Labute approximate surface area is 90.4 Å². The van der Waals surface area contributed by atoms with Crippen molar-refractivity contribution >= 4 is 33.7 Å². The molecule has 0 aliphatic heterocycles. The third-order valence-electron chi connectivity index (χ3n) is 2.21. The van der Waals surface area contributed by atoms with Gasteiger partial charge in [0, 0.05) is 11.5 Å². The SMILES string of the molecule is Nc1c(Cl)cc([N+](=O)[O-])c2ccccc12. The molecule has 0 aliphatic carbocycles. The van der Waals surface area contributed by atoms with Crippen molar-refractivity contribution in [2.75, 3.05) is 5.73 Å². The molecule has 2 aromatic carbocycles. The summed E-state index contributed by atoms with van der Waals surface area (Å²) < 4.78 is 0. The van der Waals surface area contributed by atoms with E-state index >= 15 is 0 Å². The van der Waals surface area contributed by atoms with Crippen LogP contribution in [0.5, 0.6) is 0 Å². The van der Waals surface area contributed by atoms with E-state index in [0.717, 1.165) is 0 Å². The summed E-state index contributed by atoms with van der Waals surface area (Å²) in [6.07, 6.45) is 0. The zero-order valence-corrected chi connectivity index (χ0v) is 8.36. The third kappa shape index (κ3) is 1.49. The molecule has 0 amide bonds. The van der Waals surface area contributed by atoms with Gasteiger partial charge in [-0.2, -0.15) is 0 Å². The second-order valence-electron chi connectivity index (χ2n) is 3.09. The van der Waals surface area contributed by atoms with E-state index in [1.165, 1.54) is 6.07 Å². The summed E-state index contributed by atoms with van der Waals surface area (Å²) in [5.74, 6) is 0. The van der Waals surface area contributed by atoms with Gasteiger partial charge in [-0.3, -0.25) is 10.1 Å². The molecule has 0 bridgehead atoms. The van der Waals surface area contributed by atoms with Gasteiger partial charge in [-0.05, 0) is 6.07 Å². The number of nitrogens with two attached hydrogens (primary N) is 1. The van der Waals surface area contributed by atoms with Crippen LogP contribution in [0.1, 0.15) is 0 Å². The molecule has 0 aliphatic rings. The van der Waals surface area contributed by atoms with Crippen molar-refractivity contribution < 1.29 is 4.92 Å². The van der Waals surface area contributed by atoms with E-state index in [9.17, 15) is 10.1 Å². The number of nitro benzene ring substituents is 1. The summed E-state index contributed by atoms with van der Waals surface area (Å²) >= 11 is 5.81. The zero-order chi connectivity index (χ0) is 11.0. The van der Waals surface area contributed by atoms with Crippen molar-refractivity contribution in [2.24, 2.45) is 0 Å². The largest absolute Gasteiger partial charge is 0.397 e. The maximum Gasteiger partial charge on any atom is 0.278 e. The van der Waals surface area contributed by atoms with Crippen LogP contribution in [0.15, 0.2) is 30.3 Å². The van der Waals surface area contributed by atoms with Crippen molar-refractivity contribution in [3.63, 3.8) is 0 Å². The summed E-state index contributed by atoms with van der Waals surface area (Å²) in [6.45, 7) is 0. The molecular formula is C10H7ClN2O2. The van der Waals surface area contributed by atoms with Gasteiger partial charge in [0.25, 0.3) is 5.69 Å². The van der Waals surface area contributed by atoms with Crippen LogP contribution in [0, 0.1) is 10.1 Å². The molecule has 0 saturated heterocycles. The van der Waals surface area contributed by atoms with E-state index in [4.69, 9.17) is 17.3 Å². The van der Waals surface area contributed by atoms with E-state index < -0.39 is 4.92 Å². The van der Waals surface area contributed by atoms with Crippen LogP contribution >= 0.6 is 11.6 Å². The lowest BCUT2D eigenvalue weighted by atomic mass is 10.1. The van der Waals surface area contributed by atoms with Gasteiger partial charge in [0.1, 0.15) is 0 Å². The first kappa shape index (κ1) is 9.73. The third-order valence-corrected chi connectivity index (χ3v) is 2.52. The molecule has 0 radical (unpaired) electrons. The van der Waals surface area contributed by atoms with Crippen LogP contribution < -0.4 is 5.73 Å². The average Bonchev–Trinajstić information content (AvgIpc) is 2.23. The second kappa shape index (κ2) is 3.40. The number of nitrogens with zero attached hydrogens (tertiary/aromatic N) is 1. The molecule has 0 heterocycles. The molecule has 0 unspecified atom stereocenters. The van der Waals surface area contributed by atoms with Gasteiger partial charge in [0.2, 0.25) is 0 Å². The molecule has 0 fully saturated rings. The Morgan fingerprint density at radius 2 is 1.87 bits per heavy atom. The van der Waals surface area contributed by atoms with Crippen LogP contribution in [0.4, 0.5) is 11.4 Å². The van der Waals surface area contributed by atoms with E-state index in [-0.39, 0.29) is 10.7 Å². The summed E-state index contributed by atoms with van der Waals surface area (Å²) in [5, 5.41) is 12.1. The Morgan fingerprint density at radius 3 is 2.47 bits per heavy atom. The quantitative estimate of drug-likeness (QED) is 0.458. The van der Waals surface area contributed by atoms with Crippen molar-refractivity contribution in [1.82, 2.24) is 0 Å².